The number of rotatable bonds is 4. The summed E-state index contributed by atoms with van der Waals surface area (Å²) in [5.41, 5.74) is 1.76. The van der Waals surface area contributed by atoms with Gasteiger partial charge in [-0.3, -0.25) is 9.78 Å². The van der Waals surface area contributed by atoms with Gasteiger partial charge in [-0.2, -0.15) is 0 Å². The number of hydrogen-bond acceptors (Lipinski definition) is 3. The van der Waals surface area contributed by atoms with Gasteiger partial charge in [-0.25, -0.2) is 4.39 Å². The molecule has 0 aliphatic heterocycles. The molecule has 2 N–H and O–H groups in total. The van der Waals surface area contributed by atoms with E-state index in [2.05, 4.69) is 15.6 Å². The lowest BCUT2D eigenvalue weighted by Crippen LogP contribution is -2.24. The number of aromatic nitrogens is 1. The topological polar surface area (TPSA) is 54.0 Å². The summed E-state index contributed by atoms with van der Waals surface area (Å²) in [6, 6.07) is 7.71. The van der Waals surface area contributed by atoms with Gasteiger partial charge >= 0.3 is 0 Å². The Hall–Kier alpha value is -2.43. The largest absolute Gasteiger partial charge is 0.387 e. The Balaban J connectivity index is 2.10. The first kappa shape index (κ1) is 13.0. The van der Waals surface area contributed by atoms with E-state index in [1.54, 1.807) is 25.5 Å². The Morgan fingerprint density at radius 3 is 2.89 bits per heavy atom. The van der Waals surface area contributed by atoms with Gasteiger partial charge in [-0.1, -0.05) is 6.07 Å². The highest BCUT2D eigenvalue weighted by molar-refractivity contribution is 5.99. The van der Waals surface area contributed by atoms with E-state index in [1.165, 1.54) is 18.2 Å². The molecule has 0 aliphatic rings. The molecule has 0 aliphatic carbocycles. The lowest BCUT2D eigenvalue weighted by molar-refractivity contribution is 0.0951. The van der Waals surface area contributed by atoms with E-state index in [0.29, 0.717) is 12.2 Å². The molecule has 0 radical (unpaired) electrons. The summed E-state index contributed by atoms with van der Waals surface area (Å²) in [5.74, 6) is -0.766. The minimum Gasteiger partial charge on any atom is -0.387 e. The van der Waals surface area contributed by atoms with Crippen LogP contribution in [0.5, 0.6) is 0 Å². The van der Waals surface area contributed by atoms with Crippen LogP contribution in [0.25, 0.3) is 0 Å². The van der Waals surface area contributed by atoms with Crippen molar-refractivity contribution >= 4 is 11.6 Å². The predicted octanol–water partition coefficient (Wildman–Crippen LogP) is 2.19. The van der Waals surface area contributed by atoms with Crippen LogP contribution in [-0.2, 0) is 6.54 Å². The maximum Gasteiger partial charge on any atom is 0.253 e. The zero-order valence-corrected chi connectivity index (χ0v) is 10.5. The molecule has 1 heterocycles. The van der Waals surface area contributed by atoms with Crippen LogP contribution in [0.15, 0.2) is 42.7 Å². The molecule has 0 unspecified atom stereocenters. The molecule has 5 heteroatoms. The molecule has 2 aromatic rings. The molecule has 98 valence electrons. The number of amides is 1. The fraction of sp³-hybridized carbons (Fsp3) is 0.143. The van der Waals surface area contributed by atoms with E-state index >= 15 is 0 Å². The van der Waals surface area contributed by atoms with Gasteiger partial charge in [-0.05, 0) is 29.8 Å². The van der Waals surface area contributed by atoms with Gasteiger partial charge in [-0.15, -0.1) is 0 Å². The van der Waals surface area contributed by atoms with Crippen molar-refractivity contribution in [2.75, 3.05) is 12.4 Å². The molecule has 1 aromatic heterocycles. The van der Waals surface area contributed by atoms with Crippen LogP contribution in [0.1, 0.15) is 15.9 Å². The molecule has 1 amide bonds. The quantitative estimate of drug-likeness (QED) is 0.885. The van der Waals surface area contributed by atoms with E-state index in [0.717, 1.165) is 5.56 Å². The van der Waals surface area contributed by atoms with E-state index in [-0.39, 0.29) is 11.5 Å². The van der Waals surface area contributed by atoms with Gasteiger partial charge in [0.15, 0.2) is 0 Å². The number of nitrogens with zero attached hydrogens (tertiary/aromatic N) is 1. The van der Waals surface area contributed by atoms with Crippen LogP contribution < -0.4 is 10.6 Å². The van der Waals surface area contributed by atoms with Crippen molar-refractivity contribution in [3.8, 4) is 0 Å². The molecule has 2 rings (SSSR count). The number of benzene rings is 1. The number of pyridine rings is 1. The molecular weight excluding hydrogens is 245 g/mol. The summed E-state index contributed by atoms with van der Waals surface area (Å²) < 4.78 is 13.2. The third-order valence-electron chi connectivity index (χ3n) is 2.67. The van der Waals surface area contributed by atoms with E-state index < -0.39 is 5.82 Å². The summed E-state index contributed by atoms with van der Waals surface area (Å²) in [5, 5.41) is 5.59. The number of nitrogens with one attached hydrogen (secondary N) is 2. The number of carbonyl (C=O) groups excluding carboxylic acids is 1. The molecule has 0 bridgehead atoms. The zero-order chi connectivity index (χ0) is 13.7. The average Bonchev–Trinajstić information content (AvgIpc) is 2.46. The highest BCUT2D eigenvalue weighted by Crippen LogP contribution is 2.16. The minimum atomic E-state index is -0.439. The van der Waals surface area contributed by atoms with Crippen LogP contribution in [0.4, 0.5) is 10.1 Å². The van der Waals surface area contributed by atoms with E-state index in [9.17, 15) is 9.18 Å². The molecule has 0 atom stereocenters. The Labute approximate surface area is 110 Å². The van der Waals surface area contributed by atoms with E-state index in [1.807, 2.05) is 6.07 Å². The SMILES string of the molecule is CNc1ccc(F)cc1C(=O)NCc1cccnc1. The second-order valence-electron chi connectivity index (χ2n) is 3.98. The monoisotopic (exact) mass is 259 g/mol. The summed E-state index contributed by atoms with van der Waals surface area (Å²) in [4.78, 5) is 16.0. The van der Waals surface area contributed by atoms with Gasteiger partial charge in [0.2, 0.25) is 0 Å². The summed E-state index contributed by atoms with van der Waals surface area (Å²) in [6.45, 7) is 0.354. The Kier molecular flexibility index (Phi) is 4.07. The summed E-state index contributed by atoms with van der Waals surface area (Å²) >= 11 is 0. The highest BCUT2D eigenvalue weighted by atomic mass is 19.1. The summed E-state index contributed by atoms with van der Waals surface area (Å²) in [6.07, 6.45) is 3.34. The number of carbonyl (C=O) groups is 1. The third kappa shape index (κ3) is 3.28. The van der Waals surface area contributed by atoms with Crippen molar-refractivity contribution < 1.29 is 9.18 Å². The fourth-order valence-corrected chi connectivity index (χ4v) is 1.70. The van der Waals surface area contributed by atoms with Crippen LogP contribution in [-0.4, -0.2) is 17.9 Å². The summed E-state index contributed by atoms with van der Waals surface area (Å²) in [7, 11) is 1.69. The maximum atomic E-state index is 13.2. The van der Waals surface area contributed by atoms with Gasteiger partial charge < -0.3 is 10.6 Å². The molecule has 4 nitrogen and oxygen atoms in total. The standard InChI is InChI=1S/C14H14FN3O/c1-16-13-5-4-11(15)7-12(13)14(19)18-9-10-3-2-6-17-8-10/h2-8,16H,9H2,1H3,(H,18,19). The maximum absolute atomic E-state index is 13.2. The van der Waals surface area contributed by atoms with Crippen molar-refractivity contribution in [3.63, 3.8) is 0 Å². The second kappa shape index (κ2) is 5.95. The van der Waals surface area contributed by atoms with Crippen molar-refractivity contribution in [2.45, 2.75) is 6.54 Å². The fourth-order valence-electron chi connectivity index (χ4n) is 1.70. The smallest absolute Gasteiger partial charge is 0.253 e. The van der Waals surface area contributed by atoms with Crippen LogP contribution in [0.3, 0.4) is 0 Å². The zero-order valence-electron chi connectivity index (χ0n) is 10.5. The second-order valence-corrected chi connectivity index (χ2v) is 3.98. The molecule has 19 heavy (non-hydrogen) atoms. The minimum absolute atomic E-state index is 0.284. The predicted molar refractivity (Wildman–Crippen MR) is 71.4 cm³/mol. The molecule has 0 saturated heterocycles. The van der Waals surface area contributed by atoms with Crippen LogP contribution in [0, 0.1) is 5.82 Å². The molecular formula is C14H14FN3O. The van der Waals surface area contributed by atoms with E-state index in [4.69, 9.17) is 0 Å². The average molecular weight is 259 g/mol. The van der Waals surface area contributed by atoms with Crippen molar-refractivity contribution in [1.82, 2.24) is 10.3 Å². The van der Waals surface area contributed by atoms with Crippen LogP contribution >= 0.6 is 0 Å². The number of hydrogen-bond donors (Lipinski definition) is 2. The Morgan fingerprint density at radius 2 is 2.21 bits per heavy atom. The molecule has 0 fully saturated rings. The Bertz CT molecular complexity index is 572. The van der Waals surface area contributed by atoms with Crippen molar-refractivity contribution in [3.05, 3.63) is 59.7 Å². The molecule has 0 spiro atoms. The van der Waals surface area contributed by atoms with Crippen molar-refractivity contribution in [1.29, 1.82) is 0 Å². The number of halogens is 1. The first-order valence-corrected chi connectivity index (χ1v) is 5.85. The van der Waals surface area contributed by atoms with Gasteiger partial charge in [0, 0.05) is 31.7 Å². The first-order chi connectivity index (χ1) is 9.20. The van der Waals surface area contributed by atoms with Gasteiger partial charge in [0.05, 0.1) is 5.56 Å². The Morgan fingerprint density at radius 1 is 1.37 bits per heavy atom. The molecule has 1 aromatic carbocycles. The lowest BCUT2D eigenvalue weighted by Gasteiger charge is -2.10. The third-order valence-corrected chi connectivity index (χ3v) is 2.67. The van der Waals surface area contributed by atoms with Crippen molar-refractivity contribution in [2.24, 2.45) is 0 Å². The first-order valence-electron chi connectivity index (χ1n) is 5.85. The number of anilines is 1. The lowest BCUT2D eigenvalue weighted by atomic mass is 10.1. The molecule has 0 saturated carbocycles. The highest BCUT2D eigenvalue weighted by Gasteiger charge is 2.11. The van der Waals surface area contributed by atoms with Crippen LogP contribution in [0.2, 0.25) is 0 Å². The van der Waals surface area contributed by atoms with Gasteiger partial charge in [0.25, 0.3) is 5.91 Å². The normalized spacial score (nSPS) is 10.0. The van der Waals surface area contributed by atoms with Gasteiger partial charge in [0.1, 0.15) is 5.82 Å².